The normalized spacial score (nSPS) is 11.7. The second-order valence-corrected chi connectivity index (χ2v) is 5.89. The van der Waals surface area contributed by atoms with E-state index < -0.39 is 28.3 Å². The van der Waals surface area contributed by atoms with Crippen molar-refractivity contribution < 1.29 is 18.4 Å². The summed E-state index contributed by atoms with van der Waals surface area (Å²) < 4.78 is 32.6. The Balaban J connectivity index is 1.88. The van der Waals surface area contributed by atoms with Crippen molar-refractivity contribution in [3.05, 3.63) is 57.9 Å². The Morgan fingerprint density at radius 1 is 1.31 bits per heavy atom. The maximum Gasteiger partial charge on any atom is 0.314 e. The number of nitro groups is 1. The molecule has 0 aromatic carbocycles. The minimum Gasteiger partial charge on any atom is -0.477 e. The predicted molar refractivity (Wildman–Crippen MR) is 100 cm³/mol. The molecule has 3 aromatic rings. The molecule has 10 nitrogen and oxygen atoms in total. The lowest BCUT2D eigenvalue weighted by Gasteiger charge is -2.15. The van der Waals surface area contributed by atoms with Crippen LogP contribution in [-0.4, -0.2) is 31.7 Å². The van der Waals surface area contributed by atoms with Crippen LogP contribution in [0.1, 0.15) is 25.6 Å². The van der Waals surface area contributed by atoms with Gasteiger partial charge in [-0.25, -0.2) is 13.8 Å². The molecule has 0 unspecified atom stereocenters. The number of hydrogen-bond donors (Lipinski definition) is 3. The van der Waals surface area contributed by atoms with Crippen molar-refractivity contribution in [3.8, 4) is 5.88 Å². The van der Waals surface area contributed by atoms with E-state index in [0.717, 1.165) is 12.3 Å². The Hall–Kier alpha value is -3.83. The van der Waals surface area contributed by atoms with Crippen LogP contribution in [0.3, 0.4) is 0 Å². The average Bonchev–Trinajstić information content (AvgIpc) is 3.11. The Morgan fingerprint density at radius 2 is 2.10 bits per heavy atom. The first kappa shape index (κ1) is 19.9. The first-order chi connectivity index (χ1) is 13.9. The number of anilines is 3. The van der Waals surface area contributed by atoms with Gasteiger partial charge in [0.25, 0.3) is 0 Å². The zero-order valence-electron chi connectivity index (χ0n) is 15.4. The molecular formula is C17H17F2N7O3. The van der Waals surface area contributed by atoms with E-state index in [-0.39, 0.29) is 17.5 Å². The van der Waals surface area contributed by atoms with E-state index in [1.807, 2.05) is 0 Å². The van der Waals surface area contributed by atoms with Gasteiger partial charge >= 0.3 is 5.69 Å². The van der Waals surface area contributed by atoms with E-state index in [0.29, 0.717) is 18.2 Å². The molecule has 3 N–H and O–H groups in total. The molecule has 0 bridgehead atoms. The van der Waals surface area contributed by atoms with Gasteiger partial charge in [-0.05, 0) is 26.0 Å². The summed E-state index contributed by atoms with van der Waals surface area (Å²) in [4.78, 5) is 18.5. The smallest absolute Gasteiger partial charge is 0.314 e. The monoisotopic (exact) mass is 405 g/mol. The third-order valence-electron chi connectivity index (χ3n) is 3.80. The van der Waals surface area contributed by atoms with Crippen LogP contribution in [0.25, 0.3) is 0 Å². The summed E-state index contributed by atoms with van der Waals surface area (Å²) in [5.41, 5.74) is -0.127. The highest BCUT2D eigenvalue weighted by molar-refractivity contribution is 5.64. The molecule has 29 heavy (non-hydrogen) atoms. The summed E-state index contributed by atoms with van der Waals surface area (Å²) in [6.45, 7) is 3.84. The van der Waals surface area contributed by atoms with Gasteiger partial charge in [-0.3, -0.25) is 20.2 Å². The Kier molecular flexibility index (Phi) is 5.81. The molecule has 1 atom stereocenters. The number of nitrogens with zero attached hydrogens (tertiary/aromatic N) is 4. The van der Waals surface area contributed by atoms with Gasteiger partial charge < -0.3 is 15.4 Å². The number of aromatic nitrogens is 4. The van der Waals surface area contributed by atoms with Crippen LogP contribution in [0.4, 0.5) is 31.9 Å². The van der Waals surface area contributed by atoms with E-state index in [2.05, 4.69) is 30.8 Å². The van der Waals surface area contributed by atoms with Crippen LogP contribution >= 0.6 is 0 Å². The maximum absolute atomic E-state index is 14.4. The van der Waals surface area contributed by atoms with Gasteiger partial charge in [0.1, 0.15) is 11.6 Å². The second-order valence-electron chi connectivity index (χ2n) is 5.89. The fraction of sp³-hybridized carbons (Fsp3) is 0.235. The summed E-state index contributed by atoms with van der Waals surface area (Å²) in [6.07, 6.45) is 1.03. The van der Waals surface area contributed by atoms with Crippen molar-refractivity contribution in [2.75, 3.05) is 17.2 Å². The molecule has 0 saturated heterocycles. The molecule has 0 spiro atoms. The van der Waals surface area contributed by atoms with Crippen LogP contribution in [0.5, 0.6) is 5.88 Å². The molecule has 0 saturated carbocycles. The lowest BCUT2D eigenvalue weighted by atomic mass is 10.2. The van der Waals surface area contributed by atoms with E-state index in [9.17, 15) is 18.9 Å². The number of hydrogen-bond acceptors (Lipinski definition) is 8. The number of pyridine rings is 2. The van der Waals surface area contributed by atoms with Crippen LogP contribution in [0, 0.1) is 21.7 Å². The average molecular weight is 405 g/mol. The van der Waals surface area contributed by atoms with Gasteiger partial charge in [-0.2, -0.15) is 0 Å². The molecule has 3 aromatic heterocycles. The summed E-state index contributed by atoms with van der Waals surface area (Å²) in [6, 6.07) is 4.33. The topological polar surface area (TPSA) is 131 Å². The van der Waals surface area contributed by atoms with Gasteiger partial charge in [0.15, 0.2) is 11.6 Å². The molecule has 152 valence electrons. The third-order valence-corrected chi connectivity index (χ3v) is 3.80. The molecule has 0 aliphatic rings. The van der Waals surface area contributed by atoms with E-state index in [1.54, 1.807) is 13.8 Å². The molecule has 3 rings (SSSR count). The third kappa shape index (κ3) is 4.72. The van der Waals surface area contributed by atoms with Crippen molar-refractivity contribution in [1.29, 1.82) is 0 Å². The van der Waals surface area contributed by atoms with Gasteiger partial charge in [0, 0.05) is 6.07 Å². The van der Waals surface area contributed by atoms with Crippen LogP contribution < -0.4 is 15.4 Å². The molecule has 0 fully saturated rings. The molecule has 0 aliphatic carbocycles. The Labute approximate surface area is 163 Å². The molecular weight excluding hydrogens is 388 g/mol. The molecule has 0 aliphatic heterocycles. The van der Waals surface area contributed by atoms with Crippen molar-refractivity contribution in [3.63, 3.8) is 0 Å². The van der Waals surface area contributed by atoms with Crippen molar-refractivity contribution in [1.82, 2.24) is 20.2 Å². The summed E-state index contributed by atoms with van der Waals surface area (Å²) in [7, 11) is 0. The summed E-state index contributed by atoms with van der Waals surface area (Å²) >= 11 is 0. The zero-order valence-corrected chi connectivity index (χ0v) is 15.4. The number of ether oxygens (including phenoxy) is 1. The second kappa shape index (κ2) is 8.46. The van der Waals surface area contributed by atoms with E-state index in [1.165, 1.54) is 18.2 Å². The SMILES string of the molecule is CCOc1cc(Nc2nc(N[C@@H](C)c3ccc(F)cn3)c([N+](=O)[O-])cc2F)[nH]n1. The fourth-order valence-electron chi connectivity index (χ4n) is 2.45. The first-order valence-corrected chi connectivity index (χ1v) is 8.55. The van der Waals surface area contributed by atoms with Crippen molar-refractivity contribution in [2.45, 2.75) is 19.9 Å². The first-order valence-electron chi connectivity index (χ1n) is 8.55. The quantitative estimate of drug-likeness (QED) is 0.382. The highest BCUT2D eigenvalue weighted by Gasteiger charge is 2.23. The lowest BCUT2D eigenvalue weighted by Crippen LogP contribution is -2.13. The molecule has 12 heteroatoms. The minimum atomic E-state index is -0.928. The number of halogens is 2. The van der Waals surface area contributed by atoms with Crippen molar-refractivity contribution >= 4 is 23.1 Å². The summed E-state index contributed by atoms with van der Waals surface area (Å²) in [5.74, 6) is -1.29. The lowest BCUT2D eigenvalue weighted by molar-refractivity contribution is -0.384. The highest BCUT2D eigenvalue weighted by Crippen LogP contribution is 2.31. The van der Waals surface area contributed by atoms with Crippen molar-refractivity contribution in [2.24, 2.45) is 0 Å². The number of aromatic amines is 1. The highest BCUT2D eigenvalue weighted by atomic mass is 19.1. The maximum atomic E-state index is 14.4. The minimum absolute atomic E-state index is 0.179. The molecule has 0 radical (unpaired) electrons. The van der Waals surface area contributed by atoms with E-state index in [4.69, 9.17) is 4.74 Å². The Bertz CT molecular complexity index is 1010. The van der Waals surface area contributed by atoms with Crippen LogP contribution in [-0.2, 0) is 0 Å². The number of rotatable bonds is 8. The van der Waals surface area contributed by atoms with Gasteiger partial charge in [0.2, 0.25) is 11.7 Å². The fourth-order valence-corrected chi connectivity index (χ4v) is 2.45. The number of nitrogens with one attached hydrogen (secondary N) is 3. The number of H-pyrrole nitrogens is 1. The van der Waals surface area contributed by atoms with Gasteiger partial charge in [-0.15, -0.1) is 5.10 Å². The van der Waals surface area contributed by atoms with Gasteiger partial charge in [0.05, 0.1) is 35.5 Å². The standard InChI is InChI=1S/C17H17F2N7O3/c1-3-29-15-7-14(24-25-15)22-16-11(19)6-13(26(27)28)17(23-16)21-9(2)12-5-4-10(18)8-20-12/h4-9H,3H2,1-2H3,(H3,21,22,23,24,25)/t9-/m0/s1. The zero-order chi connectivity index (χ0) is 21.0. The molecule has 0 amide bonds. The van der Waals surface area contributed by atoms with Crippen LogP contribution in [0.2, 0.25) is 0 Å². The van der Waals surface area contributed by atoms with Crippen LogP contribution in [0.15, 0.2) is 30.5 Å². The van der Waals surface area contributed by atoms with Gasteiger partial charge in [-0.1, -0.05) is 0 Å². The largest absolute Gasteiger partial charge is 0.477 e. The Morgan fingerprint density at radius 3 is 2.76 bits per heavy atom. The summed E-state index contributed by atoms with van der Waals surface area (Å²) in [5, 5.41) is 23.3. The van der Waals surface area contributed by atoms with E-state index >= 15 is 0 Å². The molecule has 3 heterocycles. The predicted octanol–water partition coefficient (Wildman–Crippen LogP) is 3.70.